The lowest BCUT2D eigenvalue weighted by Crippen LogP contribution is -2.61. The molecule has 0 atom stereocenters. The lowest BCUT2D eigenvalue weighted by atomic mass is 9.98. The van der Waals surface area contributed by atoms with Crippen LogP contribution in [0.5, 0.6) is 0 Å². The minimum Gasteiger partial charge on any atom is -0.383 e. The van der Waals surface area contributed by atoms with E-state index in [1.165, 1.54) is 12.8 Å². The van der Waals surface area contributed by atoms with Crippen molar-refractivity contribution in [1.29, 1.82) is 0 Å². The molecule has 3 heterocycles. The van der Waals surface area contributed by atoms with Crippen LogP contribution in [0.15, 0.2) is 6.20 Å². The van der Waals surface area contributed by atoms with E-state index in [4.69, 9.17) is 4.74 Å². The third kappa shape index (κ3) is 3.43. The Morgan fingerprint density at radius 3 is 2.83 bits per heavy atom. The van der Waals surface area contributed by atoms with E-state index in [0.717, 1.165) is 51.6 Å². The van der Waals surface area contributed by atoms with Crippen molar-refractivity contribution < 1.29 is 9.53 Å². The molecule has 1 aromatic rings. The van der Waals surface area contributed by atoms with Crippen molar-refractivity contribution in [1.82, 2.24) is 19.4 Å². The molecule has 0 aromatic carbocycles. The number of carbonyl (C=O) groups excluding carboxylic acids is 1. The van der Waals surface area contributed by atoms with E-state index in [1.54, 1.807) is 7.11 Å². The Kier molecular flexibility index (Phi) is 4.73. The molecular formula is C17H28N4O2. The van der Waals surface area contributed by atoms with Gasteiger partial charge >= 0.3 is 0 Å². The highest BCUT2D eigenvalue weighted by atomic mass is 16.5. The summed E-state index contributed by atoms with van der Waals surface area (Å²) in [7, 11) is 1.73. The van der Waals surface area contributed by atoms with Crippen LogP contribution in [-0.2, 0) is 17.7 Å². The number of piperazine rings is 1. The van der Waals surface area contributed by atoms with E-state index in [0.29, 0.717) is 5.69 Å². The van der Waals surface area contributed by atoms with Crippen LogP contribution < -0.4 is 0 Å². The molecule has 0 saturated carbocycles. The number of rotatable bonds is 4. The van der Waals surface area contributed by atoms with Crippen molar-refractivity contribution in [3.05, 3.63) is 17.7 Å². The van der Waals surface area contributed by atoms with E-state index >= 15 is 0 Å². The molecule has 2 aliphatic heterocycles. The molecule has 0 N–H and O–H groups in total. The van der Waals surface area contributed by atoms with Crippen molar-refractivity contribution in [2.75, 3.05) is 39.9 Å². The smallest absolute Gasteiger partial charge is 0.274 e. The van der Waals surface area contributed by atoms with Gasteiger partial charge < -0.3 is 14.2 Å². The second kappa shape index (κ2) is 6.61. The van der Waals surface area contributed by atoms with Gasteiger partial charge in [-0.2, -0.15) is 0 Å². The number of fused-ring (bicyclic) bond motifs is 1. The predicted molar refractivity (Wildman–Crippen MR) is 88.6 cm³/mol. The fourth-order valence-electron chi connectivity index (χ4n) is 3.70. The van der Waals surface area contributed by atoms with Gasteiger partial charge in [-0.3, -0.25) is 9.69 Å². The van der Waals surface area contributed by atoms with Gasteiger partial charge in [0.1, 0.15) is 11.5 Å². The second-order valence-electron chi connectivity index (χ2n) is 7.23. The molecule has 2 aliphatic rings. The van der Waals surface area contributed by atoms with E-state index in [9.17, 15) is 4.79 Å². The quantitative estimate of drug-likeness (QED) is 0.841. The molecule has 0 bridgehead atoms. The summed E-state index contributed by atoms with van der Waals surface area (Å²) < 4.78 is 7.32. The Bertz CT molecular complexity index is 543. The molecule has 0 radical (unpaired) electrons. The summed E-state index contributed by atoms with van der Waals surface area (Å²) in [6, 6.07) is 0. The number of hydrogen-bond donors (Lipinski definition) is 0. The molecule has 0 spiro atoms. The molecule has 1 saturated heterocycles. The number of aryl methyl sites for hydroxylation is 2. The van der Waals surface area contributed by atoms with E-state index in [1.807, 2.05) is 11.1 Å². The van der Waals surface area contributed by atoms with Crippen LogP contribution in [0.4, 0.5) is 0 Å². The second-order valence-corrected chi connectivity index (χ2v) is 7.23. The molecule has 0 unspecified atom stereocenters. The first-order valence-corrected chi connectivity index (χ1v) is 8.60. The Balaban J connectivity index is 1.71. The van der Waals surface area contributed by atoms with Gasteiger partial charge in [-0.1, -0.05) is 0 Å². The Morgan fingerprint density at radius 1 is 1.30 bits per heavy atom. The first kappa shape index (κ1) is 16.5. The van der Waals surface area contributed by atoms with Gasteiger partial charge in [0.25, 0.3) is 5.91 Å². The summed E-state index contributed by atoms with van der Waals surface area (Å²) in [4.78, 5) is 21.9. The fraction of sp³-hybridized carbons (Fsp3) is 0.765. The normalized spacial score (nSPS) is 21.3. The summed E-state index contributed by atoms with van der Waals surface area (Å²) >= 11 is 0. The average Bonchev–Trinajstić information content (AvgIpc) is 2.95. The van der Waals surface area contributed by atoms with Crippen molar-refractivity contribution in [2.45, 2.75) is 45.2 Å². The number of imidazole rings is 1. The zero-order valence-corrected chi connectivity index (χ0v) is 14.5. The van der Waals surface area contributed by atoms with Gasteiger partial charge in [0.15, 0.2) is 0 Å². The van der Waals surface area contributed by atoms with Crippen LogP contribution in [0.25, 0.3) is 0 Å². The molecule has 1 amide bonds. The van der Waals surface area contributed by atoms with Gasteiger partial charge in [0.2, 0.25) is 0 Å². The SMILES string of the molecule is COCCN1CCN(C(=O)c2cn3c(n2)CCCC3)C(C)(C)C1. The number of methoxy groups -OCH3 is 1. The minimum atomic E-state index is -0.187. The topological polar surface area (TPSA) is 50.6 Å². The average molecular weight is 320 g/mol. The van der Waals surface area contributed by atoms with Crippen LogP contribution in [-0.4, -0.2) is 70.7 Å². The Labute approximate surface area is 138 Å². The Morgan fingerprint density at radius 2 is 2.13 bits per heavy atom. The molecule has 128 valence electrons. The maximum atomic E-state index is 13.0. The maximum absolute atomic E-state index is 13.0. The van der Waals surface area contributed by atoms with Crippen LogP contribution in [0.3, 0.4) is 0 Å². The molecule has 0 aliphatic carbocycles. The van der Waals surface area contributed by atoms with Crippen molar-refractivity contribution in [2.24, 2.45) is 0 Å². The third-order valence-corrected chi connectivity index (χ3v) is 4.97. The number of nitrogens with zero attached hydrogens (tertiary/aromatic N) is 4. The van der Waals surface area contributed by atoms with E-state index in [2.05, 4.69) is 28.3 Å². The maximum Gasteiger partial charge on any atom is 0.274 e. The first-order chi connectivity index (χ1) is 11.0. The molecule has 23 heavy (non-hydrogen) atoms. The summed E-state index contributed by atoms with van der Waals surface area (Å²) in [6.07, 6.45) is 5.29. The number of ether oxygens (including phenoxy) is 1. The number of hydrogen-bond acceptors (Lipinski definition) is 4. The van der Waals surface area contributed by atoms with Crippen molar-refractivity contribution in [3.8, 4) is 0 Å². The number of carbonyl (C=O) groups is 1. The fourth-order valence-corrected chi connectivity index (χ4v) is 3.70. The summed E-state index contributed by atoms with van der Waals surface area (Å²) in [5.41, 5.74) is 0.424. The van der Waals surface area contributed by atoms with Crippen molar-refractivity contribution >= 4 is 5.91 Å². The van der Waals surface area contributed by atoms with Crippen LogP contribution >= 0.6 is 0 Å². The molecule has 1 aromatic heterocycles. The highest BCUT2D eigenvalue weighted by molar-refractivity contribution is 5.92. The number of aromatic nitrogens is 2. The molecule has 1 fully saturated rings. The molecule has 6 heteroatoms. The summed E-state index contributed by atoms with van der Waals surface area (Å²) in [5, 5.41) is 0. The van der Waals surface area contributed by atoms with E-state index in [-0.39, 0.29) is 11.4 Å². The standard InChI is InChI=1S/C17H28N4O2/c1-17(2)13-19(10-11-23-3)8-9-21(17)16(22)14-12-20-7-5-4-6-15(20)18-14/h12H,4-11,13H2,1-3H3. The monoisotopic (exact) mass is 320 g/mol. The molecular weight excluding hydrogens is 292 g/mol. The van der Waals surface area contributed by atoms with Crippen molar-refractivity contribution in [3.63, 3.8) is 0 Å². The van der Waals surface area contributed by atoms with Gasteiger partial charge in [0.05, 0.1) is 12.1 Å². The molecule has 3 rings (SSSR count). The van der Waals surface area contributed by atoms with Gasteiger partial charge in [0, 0.05) is 52.5 Å². The zero-order chi connectivity index (χ0) is 16.4. The first-order valence-electron chi connectivity index (χ1n) is 8.60. The number of amides is 1. The Hall–Kier alpha value is -1.40. The van der Waals surface area contributed by atoms with Gasteiger partial charge in [-0.05, 0) is 26.7 Å². The minimum absolute atomic E-state index is 0.0725. The van der Waals surface area contributed by atoms with Crippen LogP contribution in [0.1, 0.15) is 43.0 Å². The lowest BCUT2D eigenvalue weighted by molar-refractivity contribution is 0.0114. The summed E-state index contributed by atoms with van der Waals surface area (Å²) in [5.74, 6) is 1.14. The zero-order valence-electron chi connectivity index (χ0n) is 14.5. The van der Waals surface area contributed by atoms with Crippen LogP contribution in [0.2, 0.25) is 0 Å². The summed E-state index contributed by atoms with van der Waals surface area (Å²) in [6.45, 7) is 9.43. The lowest BCUT2D eigenvalue weighted by Gasteiger charge is -2.46. The highest BCUT2D eigenvalue weighted by Gasteiger charge is 2.37. The van der Waals surface area contributed by atoms with Gasteiger partial charge in [-0.15, -0.1) is 0 Å². The van der Waals surface area contributed by atoms with Crippen LogP contribution in [0, 0.1) is 0 Å². The van der Waals surface area contributed by atoms with Gasteiger partial charge in [-0.25, -0.2) is 4.98 Å². The molecule has 6 nitrogen and oxygen atoms in total. The van der Waals surface area contributed by atoms with E-state index < -0.39 is 0 Å². The third-order valence-electron chi connectivity index (χ3n) is 4.97. The highest BCUT2D eigenvalue weighted by Crippen LogP contribution is 2.24. The largest absolute Gasteiger partial charge is 0.383 e. The predicted octanol–water partition coefficient (Wildman–Crippen LogP) is 1.40.